The summed E-state index contributed by atoms with van der Waals surface area (Å²) in [6.07, 6.45) is 3.02. The van der Waals surface area contributed by atoms with E-state index < -0.39 is 12.1 Å². The van der Waals surface area contributed by atoms with Crippen molar-refractivity contribution in [2.24, 2.45) is 0 Å². The normalized spacial score (nSPS) is 18.5. The summed E-state index contributed by atoms with van der Waals surface area (Å²) >= 11 is 0. The zero-order valence-corrected chi connectivity index (χ0v) is 14.3. The number of hydrogen-bond acceptors (Lipinski definition) is 3. The van der Waals surface area contributed by atoms with Gasteiger partial charge in [0.05, 0.1) is 0 Å². The molecule has 0 aliphatic carbocycles. The first-order valence-corrected chi connectivity index (χ1v) is 8.45. The number of carbonyl (C=O) groups is 3. The number of nitrogens with zero attached hydrogens (tertiary/aromatic N) is 1. The predicted octanol–water partition coefficient (Wildman–Crippen LogP) is 1.55. The molecule has 7 heteroatoms. The third kappa shape index (κ3) is 3.50. The molecule has 0 saturated carbocycles. The van der Waals surface area contributed by atoms with Crippen molar-refractivity contribution in [3.63, 3.8) is 0 Å². The molecule has 2 atom stereocenters. The highest BCUT2D eigenvalue weighted by Gasteiger charge is 2.39. The Morgan fingerprint density at radius 3 is 2.84 bits per heavy atom. The Morgan fingerprint density at radius 1 is 1.32 bits per heavy atom. The number of aromatic nitrogens is 1. The molecule has 3 N–H and O–H groups in total. The van der Waals surface area contributed by atoms with Crippen LogP contribution in [0.5, 0.6) is 0 Å². The number of urea groups is 1. The first-order chi connectivity index (χ1) is 12.0. The summed E-state index contributed by atoms with van der Waals surface area (Å²) in [7, 11) is 0. The fourth-order valence-electron chi connectivity index (χ4n) is 2.95. The van der Waals surface area contributed by atoms with Crippen LogP contribution in [0.3, 0.4) is 0 Å². The van der Waals surface area contributed by atoms with Gasteiger partial charge in [0.15, 0.2) is 0 Å². The Labute approximate surface area is 145 Å². The van der Waals surface area contributed by atoms with Crippen LogP contribution in [0.25, 0.3) is 10.9 Å². The quantitative estimate of drug-likeness (QED) is 0.695. The summed E-state index contributed by atoms with van der Waals surface area (Å²) in [5.41, 5.74) is 1.94. The Balaban J connectivity index is 1.68. The van der Waals surface area contributed by atoms with Gasteiger partial charge < -0.3 is 15.6 Å². The second-order valence-electron chi connectivity index (χ2n) is 6.37. The smallest absolute Gasteiger partial charge is 0.325 e. The largest absolute Gasteiger partial charge is 0.361 e. The minimum absolute atomic E-state index is 0.00952. The lowest BCUT2D eigenvalue weighted by Gasteiger charge is -2.15. The lowest BCUT2D eigenvalue weighted by atomic mass is 10.1. The molecule has 2 aromatic rings. The van der Waals surface area contributed by atoms with Crippen LogP contribution in [0.2, 0.25) is 0 Å². The van der Waals surface area contributed by atoms with Crippen molar-refractivity contribution in [1.29, 1.82) is 0 Å². The number of nitrogens with one attached hydrogen (secondary N) is 3. The van der Waals surface area contributed by atoms with E-state index in [0.717, 1.165) is 27.8 Å². The van der Waals surface area contributed by atoms with Gasteiger partial charge in [0.2, 0.25) is 5.91 Å². The molecule has 132 valence electrons. The zero-order valence-electron chi connectivity index (χ0n) is 14.3. The Kier molecular flexibility index (Phi) is 4.74. The fraction of sp³-hybridized carbons (Fsp3) is 0.389. The number of rotatable bonds is 6. The van der Waals surface area contributed by atoms with Crippen LogP contribution < -0.4 is 10.6 Å². The number of benzene rings is 1. The lowest BCUT2D eigenvalue weighted by Crippen LogP contribution is -2.43. The maximum Gasteiger partial charge on any atom is 0.325 e. The van der Waals surface area contributed by atoms with Gasteiger partial charge in [-0.2, -0.15) is 0 Å². The third-order valence-corrected chi connectivity index (χ3v) is 4.53. The van der Waals surface area contributed by atoms with Gasteiger partial charge in [-0.3, -0.25) is 14.5 Å². The highest BCUT2D eigenvalue weighted by Crippen LogP contribution is 2.21. The van der Waals surface area contributed by atoms with E-state index in [2.05, 4.69) is 15.6 Å². The van der Waals surface area contributed by atoms with Crippen LogP contribution in [0.15, 0.2) is 30.5 Å². The summed E-state index contributed by atoms with van der Waals surface area (Å²) in [4.78, 5) is 40.7. The monoisotopic (exact) mass is 342 g/mol. The molecule has 0 unspecified atom stereocenters. The number of aromatic amines is 1. The van der Waals surface area contributed by atoms with Crippen LogP contribution in [0.4, 0.5) is 4.79 Å². The minimum Gasteiger partial charge on any atom is -0.361 e. The van der Waals surface area contributed by atoms with Crippen molar-refractivity contribution >= 4 is 28.7 Å². The molecule has 4 amide bonds. The molecular weight excluding hydrogens is 320 g/mol. The molecule has 1 saturated heterocycles. The van der Waals surface area contributed by atoms with Crippen LogP contribution in [0, 0.1) is 0 Å². The van der Waals surface area contributed by atoms with Crippen molar-refractivity contribution < 1.29 is 14.4 Å². The average molecular weight is 342 g/mol. The van der Waals surface area contributed by atoms with E-state index in [9.17, 15) is 14.4 Å². The molecular formula is C18H22N4O3. The maximum atomic E-state index is 12.5. The first-order valence-electron chi connectivity index (χ1n) is 8.45. The van der Waals surface area contributed by atoms with Crippen LogP contribution in [-0.2, 0) is 16.0 Å². The van der Waals surface area contributed by atoms with Gasteiger partial charge >= 0.3 is 6.03 Å². The van der Waals surface area contributed by atoms with Crippen LogP contribution >= 0.6 is 0 Å². The van der Waals surface area contributed by atoms with Crippen molar-refractivity contribution in [3.05, 3.63) is 36.0 Å². The summed E-state index contributed by atoms with van der Waals surface area (Å²) in [5, 5.41) is 6.46. The van der Waals surface area contributed by atoms with E-state index in [1.165, 1.54) is 0 Å². The maximum absolute atomic E-state index is 12.5. The summed E-state index contributed by atoms with van der Waals surface area (Å²) in [5.74, 6) is -0.694. The number of hydrogen-bond donors (Lipinski definition) is 3. The Hall–Kier alpha value is -2.83. The van der Waals surface area contributed by atoms with E-state index in [4.69, 9.17) is 0 Å². The lowest BCUT2D eigenvalue weighted by molar-refractivity contribution is -0.132. The number of imide groups is 1. The average Bonchev–Trinajstić information content (AvgIpc) is 3.11. The minimum atomic E-state index is -0.650. The van der Waals surface area contributed by atoms with Crippen molar-refractivity contribution in [2.45, 2.75) is 38.8 Å². The van der Waals surface area contributed by atoms with Gasteiger partial charge in [0.25, 0.3) is 5.91 Å². The number of fused-ring (bicyclic) bond motifs is 1. The Bertz CT molecular complexity index is 814. The van der Waals surface area contributed by atoms with E-state index in [-0.39, 0.29) is 24.4 Å². The summed E-state index contributed by atoms with van der Waals surface area (Å²) < 4.78 is 0. The molecule has 1 fully saturated rings. The second-order valence-corrected chi connectivity index (χ2v) is 6.37. The van der Waals surface area contributed by atoms with E-state index in [1.54, 1.807) is 0 Å². The summed E-state index contributed by atoms with van der Waals surface area (Å²) in [6, 6.07) is 6.63. The third-order valence-electron chi connectivity index (χ3n) is 4.53. The molecule has 1 aliphatic rings. The molecule has 2 heterocycles. The molecule has 0 spiro atoms. The summed E-state index contributed by atoms with van der Waals surface area (Å²) in [6.45, 7) is 3.58. The number of H-pyrrole nitrogens is 1. The van der Waals surface area contributed by atoms with E-state index in [0.29, 0.717) is 6.42 Å². The molecule has 0 bridgehead atoms. The molecule has 25 heavy (non-hydrogen) atoms. The molecule has 1 aromatic carbocycles. The number of amides is 4. The molecule has 3 rings (SSSR count). The van der Waals surface area contributed by atoms with E-state index in [1.807, 2.05) is 44.3 Å². The SMILES string of the molecule is CC[C@@H](C)NC(=O)CN1C(=O)N[C@@H](Cc2c[nH]c3ccccc23)C1=O. The van der Waals surface area contributed by atoms with E-state index >= 15 is 0 Å². The fourth-order valence-corrected chi connectivity index (χ4v) is 2.95. The highest BCUT2D eigenvalue weighted by molar-refractivity contribution is 6.06. The second kappa shape index (κ2) is 6.96. The Morgan fingerprint density at radius 2 is 2.08 bits per heavy atom. The van der Waals surface area contributed by atoms with Gasteiger partial charge in [0, 0.05) is 29.6 Å². The molecule has 0 radical (unpaired) electrons. The van der Waals surface area contributed by atoms with Crippen molar-refractivity contribution in [3.8, 4) is 0 Å². The van der Waals surface area contributed by atoms with Crippen LogP contribution in [0.1, 0.15) is 25.8 Å². The van der Waals surface area contributed by atoms with Crippen molar-refractivity contribution in [1.82, 2.24) is 20.5 Å². The predicted molar refractivity (Wildman–Crippen MR) is 93.9 cm³/mol. The number of carbonyl (C=O) groups excluding carboxylic acids is 3. The topological polar surface area (TPSA) is 94.3 Å². The highest BCUT2D eigenvalue weighted by atomic mass is 16.2. The van der Waals surface area contributed by atoms with Crippen LogP contribution in [-0.4, -0.2) is 46.4 Å². The molecule has 1 aliphatic heterocycles. The van der Waals surface area contributed by atoms with Gasteiger partial charge in [-0.1, -0.05) is 25.1 Å². The molecule has 1 aromatic heterocycles. The van der Waals surface area contributed by atoms with Crippen molar-refractivity contribution in [2.75, 3.05) is 6.54 Å². The number of para-hydroxylation sites is 1. The van der Waals surface area contributed by atoms with Gasteiger partial charge in [0.1, 0.15) is 12.6 Å². The van der Waals surface area contributed by atoms with Gasteiger partial charge in [-0.25, -0.2) is 4.79 Å². The first kappa shape index (κ1) is 17.0. The van der Waals surface area contributed by atoms with Gasteiger partial charge in [-0.05, 0) is 25.0 Å². The van der Waals surface area contributed by atoms with Gasteiger partial charge in [-0.15, -0.1) is 0 Å². The molecule has 7 nitrogen and oxygen atoms in total. The zero-order chi connectivity index (χ0) is 18.0. The standard InChI is InChI=1S/C18H22N4O3/c1-3-11(2)20-16(23)10-22-17(24)15(21-18(22)25)8-12-9-19-14-7-5-4-6-13(12)14/h4-7,9,11,15,19H,3,8,10H2,1-2H3,(H,20,23)(H,21,25)/t11-,15+/m1/s1.